The van der Waals surface area contributed by atoms with Crippen molar-refractivity contribution >= 4 is 45.0 Å². The van der Waals surface area contributed by atoms with Crippen LogP contribution in [-0.4, -0.2) is 12.5 Å². The molecule has 1 aromatic heterocycles. The molecule has 2 aliphatic rings. The van der Waals surface area contributed by atoms with E-state index in [0.29, 0.717) is 6.54 Å². The molecule has 4 heteroatoms. The summed E-state index contributed by atoms with van der Waals surface area (Å²) in [4.78, 5) is 9.27. The second-order valence-electron chi connectivity index (χ2n) is 7.86. The lowest BCUT2D eigenvalue weighted by Gasteiger charge is -2.24. The first-order chi connectivity index (χ1) is 15.2. The third-order valence-corrected chi connectivity index (χ3v) is 5.79. The van der Waals surface area contributed by atoms with Crippen molar-refractivity contribution in [2.45, 2.75) is 6.92 Å². The number of nitrogens with zero attached hydrogens (tertiary/aromatic N) is 3. The lowest BCUT2D eigenvalue weighted by atomic mass is 10.1. The molecule has 0 radical (unpaired) electrons. The normalized spacial score (nSPS) is 19.4. The molecule has 150 valence electrons. The molecule has 0 N–H and O–H groups in total. The van der Waals surface area contributed by atoms with Gasteiger partial charge in [0.05, 0.1) is 23.6 Å². The minimum absolute atomic E-state index is 0.601. The van der Waals surface area contributed by atoms with E-state index < -0.39 is 0 Å². The highest BCUT2D eigenvalue weighted by Crippen LogP contribution is 2.45. The number of benzene rings is 3. The summed E-state index contributed by atoms with van der Waals surface area (Å²) in [7, 11) is 0. The topological polar surface area (TPSA) is 32.0 Å². The number of hydrogen-bond donors (Lipinski definition) is 0. The summed E-state index contributed by atoms with van der Waals surface area (Å²) in [6.07, 6.45) is 8.10. The van der Waals surface area contributed by atoms with Gasteiger partial charge in [-0.15, -0.1) is 0 Å². The van der Waals surface area contributed by atoms with E-state index in [9.17, 15) is 0 Å². The molecule has 4 nitrogen and oxygen atoms in total. The smallest absolute Gasteiger partial charge is 0.215 e. The Balaban J connectivity index is 1.59. The number of hydrogen-bond acceptors (Lipinski definition) is 4. The highest BCUT2D eigenvalue weighted by atomic mass is 16.3. The van der Waals surface area contributed by atoms with Gasteiger partial charge in [0, 0.05) is 16.5 Å². The number of rotatable bonds is 1. The van der Waals surface area contributed by atoms with Crippen LogP contribution in [0.4, 0.5) is 17.1 Å². The zero-order valence-electron chi connectivity index (χ0n) is 17.2. The van der Waals surface area contributed by atoms with Gasteiger partial charge in [0.2, 0.25) is 5.96 Å². The lowest BCUT2D eigenvalue weighted by Crippen LogP contribution is -2.35. The van der Waals surface area contributed by atoms with E-state index in [1.165, 1.54) is 5.56 Å². The molecule has 0 saturated carbocycles. The molecule has 3 heterocycles. The second kappa shape index (κ2) is 6.74. The lowest BCUT2D eigenvalue weighted by molar-refractivity contribution is 0.669. The van der Waals surface area contributed by atoms with Crippen LogP contribution in [0.3, 0.4) is 0 Å². The van der Waals surface area contributed by atoms with Crippen molar-refractivity contribution in [3.63, 3.8) is 0 Å². The Morgan fingerprint density at radius 1 is 0.871 bits per heavy atom. The molecule has 0 amide bonds. The number of furan rings is 1. The van der Waals surface area contributed by atoms with E-state index in [2.05, 4.69) is 84.0 Å². The number of allylic oxidation sites excluding steroid dienone is 3. The zero-order chi connectivity index (χ0) is 20.9. The number of para-hydroxylation sites is 2. The quantitative estimate of drug-likeness (QED) is 0.348. The first kappa shape index (κ1) is 17.8. The van der Waals surface area contributed by atoms with Gasteiger partial charge in [-0.1, -0.05) is 48.6 Å². The standard InChI is InChI=1S/C27H21N3O/c1-18-11-13-25-21(16-18)22-17-20(12-14-26(22)31-25)30-24-10-6-5-9-23(24)29-19(2)8-4-3-7-15-28-27(29)30/h3-14,16-17H,2,15H2,1H3/b7-3-,8-4-,28-27+. The van der Waals surface area contributed by atoms with Crippen LogP contribution >= 0.6 is 0 Å². The molecule has 31 heavy (non-hydrogen) atoms. The van der Waals surface area contributed by atoms with Crippen LogP contribution in [-0.2, 0) is 0 Å². The fourth-order valence-corrected chi connectivity index (χ4v) is 4.37. The van der Waals surface area contributed by atoms with Crippen LogP contribution in [0.25, 0.3) is 21.9 Å². The molecule has 3 aromatic carbocycles. The minimum atomic E-state index is 0.601. The number of anilines is 3. The summed E-state index contributed by atoms with van der Waals surface area (Å²) in [5.74, 6) is 0.853. The fraction of sp³-hybridized carbons (Fsp3) is 0.0741. The van der Waals surface area contributed by atoms with Gasteiger partial charge in [0.25, 0.3) is 0 Å². The second-order valence-corrected chi connectivity index (χ2v) is 7.86. The van der Waals surface area contributed by atoms with E-state index >= 15 is 0 Å². The largest absolute Gasteiger partial charge is 0.456 e. The van der Waals surface area contributed by atoms with Gasteiger partial charge < -0.3 is 4.42 Å². The maximum Gasteiger partial charge on any atom is 0.215 e. The van der Waals surface area contributed by atoms with Crippen LogP contribution in [0.1, 0.15) is 5.56 Å². The van der Waals surface area contributed by atoms with Crippen molar-refractivity contribution in [1.82, 2.24) is 0 Å². The Bertz CT molecular complexity index is 1450. The molecule has 6 rings (SSSR count). The maximum absolute atomic E-state index is 6.08. The molecule has 0 spiro atoms. The van der Waals surface area contributed by atoms with Gasteiger partial charge in [-0.25, -0.2) is 4.99 Å². The third kappa shape index (κ3) is 2.72. The van der Waals surface area contributed by atoms with Crippen molar-refractivity contribution < 1.29 is 4.42 Å². The molecule has 0 unspecified atom stereocenters. The van der Waals surface area contributed by atoms with Crippen molar-refractivity contribution in [3.05, 3.63) is 103 Å². The molecule has 0 fully saturated rings. The van der Waals surface area contributed by atoms with Gasteiger partial charge in [-0.3, -0.25) is 9.80 Å². The van der Waals surface area contributed by atoms with Gasteiger partial charge >= 0.3 is 0 Å². The Labute approximate surface area is 180 Å². The first-order valence-electron chi connectivity index (χ1n) is 10.4. The SMILES string of the molecule is C=C1/C=C\C=C/C/N=C2\N1c1ccccc1N2c1ccc2oc3ccc(C)cc3c2c1. The average Bonchev–Trinajstić information content (AvgIpc) is 3.32. The van der Waals surface area contributed by atoms with Crippen molar-refractivity contribution in [1.29, 1.82) is 0 Å². The minimum Gasteiger partial charge on any atom is -0.456 e. The molecule has 4 aromatic rings. The molecule has 0 aliphatic carbocycles. The van der Waals surface area contributed by atoms with E-state index in [0.717, 1.165) is 50.7 Å². The van der Waals surface area contributed by atoms with E-state index in [-0.39, 0.29) is 0 Å². The van der Waals surface area contributed by atoms with Gasteiger partial charge in [-0.2, -0.15) is 0 Å². The first-order valence-corrected chi connectivity index (χ1v) is 10.4. The summed E-state index contributed by atoms with van der Waals surface area (Å²) in [5, 5.41) is 2.24. The fourth-order valence-electron chi connectivity index (χ4n) is 4.37. The highest BCUT2D eigenvalue weighted by Gasteiger charge is 2.35. The Morgan fingerprint density at radius 3 is 2.45 bits per heavy atom. The van der Waals surface area contributed by atoms with E-state index in [1.807, 2.05) is 24.3 Å². The summed E-state index contributed by atoms with van der Waals surface area (Å²) in [5.41, 5.74) is 7.10. The predicted molar refractivity (Wildman–Crippen MR) is 129 cm³/mol. The van der Waals surface area contributed by atoms with Gasteiger partial charge in [0.1, 0.15) is 11.2 Å². The summed E-state index contributed by atoms with van der Waals surface area (Å²) >= 11 is 0. The van der Waals surface area contributed by atoms with Crippen LogP contribution < -0.4 is 9.80 Å². The molecule has 0 saturated heterocycles. The highest BCUT2D eigenvalue weighted by molar-refractivity contribution is 6.22. The number of aliphatic imine (C=N–C) groups is 1. The van der Waals surface area contributed by atoms with Gasteiger partial charge in [-0.05, 0) is 55.5 Å². The summed E-state index contributed by atoms with van der Waals surface area (Å²) in [6, 6.07) is 21.0. The summed E-state index contributed by atoms with van der Waals surface area (Å²) < 4.78 is 6.08. The Morgan fingerprint density at radius 2 is 1.61 bits per heavy atom. The maximum atomic E-state index is 6.08. The molecular formula is C27H21N3O. The van der Waals surface area contributed by atoms with Crippen LogP contribution in [0, 0.1) is 6.92 Å². The predicted octanol–water partition coefficient (Wildman–Crippen LogP) is 6.85. The van der Waals surface area contributed by atoms with E-state index in [4.69, 9.17) is 9.41 Å². The van der Waals surface area contributed by atoms with E-state index in [1.54, 1.807) is 0 Å². The Kier molecular flexibility index (Phi) is 3.87. The van der Waals surface area contributed by atoms with Crippen LogP contribution in [0.15, 0.2) is 107 Å². The average molecular weight is 403 g/mol. The molecule has 0 atom stereocenters. The molecule has 0 bridgehead atoms. The Hall–Kier alpha value is -4.05. The summed E-state index contributed by atoms with van der Waals surface area (Å²) in [6.45, 7) is 7.01. The van der Waals surface area contributed by atoms with Crippen molar-refractivity contribution in [2.75, 3.05) is 16.3 Å². The molecule has 2 aliphatic heterocycles. The monoisotopic (exact) mass is 403 g/mol. The zero-order valence-corrected chi connectivity index (χ0v) is 17.2. The van der Waals surface area contributed by atoms with Crippen LogP contribution in [0.2, 0.25) is 0 Å². The van der Waals surface area contributed by atoms with Crippen molar-refractivity contribution in [3.8, 4) is 0 Å². The van der Waals surface area contributed by atoms with Gasteiger partial charge in [0.15, 0.2) is 0 Å². The van der Waals surface area contributed by atoms with Crippen LogP contribution in [0.5, 0.6) is 0 Å². The van der Waals surface area contributed by atoms with Crippen molar-refractivity contribution in [2.24, 2.45) is 4.99 Å². The number of aryl methyl sites for hydroxylation is 1. The molecular weight excluding hydrogens is 382 g/mol. The third-order valence-electron chi connectivity index (χ3n) is 5.79. The number of guanidine groups is 1. The number of fused-ring (bicyclic) bond motifs is 6.